The van der Waals surface area contributed by atoms with Gasteiger partial charge in [-0.2, -0.15) is 0 Å². The summed E-state index contributed by atoms with van der Waals surface area (Å²) in [5.74, 6) is -0.324. The van der Waals surface area contributed by atoms with Crippen LogP contribution in [-0.2, 0) is 9.53 Å². The molecule has 1 aliphatic rings. The third-order valence-electron chi connectivity index (χ3n) is 2.38. The SMILES string of the molecule is COC(=O)C1(Cl)CN(C(C)(C)C)C1. The predicted molar refractivity (Wildman–Crippen MR) is 51.9 cm³/mol. The van der Waals surface area contributed by atoms with E-state index in [-0.39, 0.29) is 11.5 Å². The van der Waals surface area contributed by atoms with Gasteiger partial charge in [-0.05, 0) is 20.8 Å². The lowest BCUT2D eigenvalue weighted by atomic mass is 9.92. The van der Waals surface area contributed by atoms with Crippen molar-refractivity contribution >= 4 is 17.6 Å². The summed E-state index contributed by atoms with van der Waals surface area (Å²) in [5.41, 5.74) is 0.0758. The molecule has 0 aromatic rings. The van der Waals surface area contributed by atoms with E-state index in [0.29, 0.717) is 13.1 Å². The van der Waals surface area contributed by atoms with Gasteiger partial charge in [-0.25, -0.2) is 0 Å². The highest BCUT2D eigenvalue weighted by atomic mass is 35.5. The molecule has 4 heteroatoms. The second-order valence-corrected chi connectivity index (χ2v) is 5.21. The van der Waals surface area contributed by atoms with Crippen LogP contribution in [0.1, 0.15) is 20.8 Å². The van der Waals surface area contributed by atoms with E-state index >= 15 is 0 Å². The number of hydrogen-bond donors (Lipinski definition) is 0. The number of nitrogens with zero attached hydrogens (tertiary/aromatic N) is 1. The monoisotopic (exact) mass is 205 g/mol. The molecule has 0 bridgehead atoms. The lowest BCUT2D eigenvalue weighted by Gasteiger charge is -2.50. The zero-order valence-corrected chi connectivity index (χ0v) is 9.31. The van der Waals surface area contributed by atoms with Gasteiger partial charge in [-0.3, -0.25) is 9.69 Å². The molecule has 1 aliphatic heterocycles. The zero-order chi connectivity index (χ0) is 10.3. The summed E-state index contributed by atoms with van der Waals surface area (Å²) >= 11 is 6.04. The molecule has 13 heavy (non-hydrogen) atoms. The van der Waals surface area contributed by atoms with Gasteiger partial charge in [-0.1, -0.05) is 0 Å². The number of hydrogen-bond acceptors (Lipinski definition) is 3. The Morgan fingerprint density at radius 1 is 1.46 bits per heavy atom. The van der Waals surface area contributed by atoms with Gasteiger partial charge in [0.25, 0.3) is 0 Å². The highest BCUT2D eigenvalue weighted by molar-refractivity contribution is 6.35. The Hall–Kier alpha value is -0.280. The first-order valence-electron chi connectivity index (χ1n) is 4.32. The van der Waals surface area contributed by atoms with E-state index < -0.39 is 4.87 Å². The minimum absolute atomic E-state index is 0.0758. The second-order valence-electron chi connectivity index (χ2n) is 4.48. The molecule has 0 radical (unpaired) electrons. The third-order valence-corrected chi connectivity index (χ3v) is 2.78. The summed E-state index contributed by atoms with van der Waals surface area (Å²) in [7, 11) is 1.37. The molecule has 0 spiro atoms. The van der Waals surface area contributed by atoms with Crippen LogP contribution in [0, 0.1) is 0 Å². The lowest BCUT2D eigenvalue weighted by molar-refractivity contribution is -0.150. The van der Waals surface area contributed by atoms with Gasteiger partial charge in [0.05, 0.1) is 7.11 Å². The molecular formula is C9H16ClNO2. The lowest BCUT2D eigenvalue weighted by Crippen LogP contribution is -2.67. The molecule has 1 rings (SSSR count). The van der Waals surface area contributed by atoms with Gasteiger partial charge < -0.3 is 4.74 Å². The number of likely N-dealkylation sites (tertiary alicyclic amines) is 1. The fourth-order valence-electron chi connectivity index (χ4n) is 1.35. The Morgan fingerprint density at radius 3 is 2.23 bits per heavy atom. The minimum atomic E-state index is -0.804. The second kappa shape index (κ2) is 3.14. The van der Waals surface area contributed by atoms with Crippen LogP contribution in [-0.4, -0.2) is 41.5 Å². The van der Waals surface area contributed by atoms with Crippen LogP contribution in [0.5, 0.6) is 0 Å². The first kappa shape index (κ1) is 10.8. The van der Waals surface area contributed by atoms with Crippen molar-refractivity contribution in [1.82, 2.24) is 4.90 Å². The number of rotatable bonds is 1. The number of esters is 1. The van der Waals surface area contributed by atoms with Gasteiger partial charge in [0.1, 0.15) is 0 Å². The number of carbonyl (C=O) groups excluding carboxylic acids is 1. The van der Waals surface area contributed by atoms with E-state index in [2.05, 4.69) is 30.4 Å². The van der Waals surface area contributed by atoms with Gasteiger partial charge >= 0.3 is 5.97 Å². The number of alkyl halides is 1. The normalized spacial score (nSPS) is 22.2. The van der Waals surface area contributed by atoms with E-state index in [4.69, 9.17) is 11.6 Å². The maximum Gasteiger partial charge on any atom is 0.329 e. The Bertz CT molecular complexity index is 216. The van der Waals surface area contributed by atoms with Crippen molar-refractivity contribution in [2.75, 3.05) is 20.2 Å². The number of ether oxygens (including phenoxy) is 1. The van der Waals surface area contributed by atoms with Crippen LogP contribution in [0.4, 0.5) is 0 Å². The van der Waals surface area contributed by atoms with Gasteiger partial charge in [-0.15, -0.1) is 11.6 Å². The Morgan fingerprint density at radius 2 is 1.92 bits per heavy atom. The van der Waals surface area contributed by atoms with Crippen molar-refractivity contribution in [3.63, 3.8) is 0 Å². The first-order valence-corrected chi connectivity index (χ1v) is 4.70. The maximum absolute atomic E-state index is 11.2. The molecule has 0 N–H and O–H groups in total. The smallest absolute Gasteiger partial charge is 0.329 e. The molecule has 1 fully saturated rings. The Kier molecular flexibility index (Phi) is 2.61. The molecule has 1 saturated heterocycles. The quantitative estimate of drug-likeness (QED) is 0.477. The summed E-state index contributed by atoms with van der Waals surface area (Å²) in [6.07, 6.45) is 0. The average Bonchev–Trinajstić information content (AvgIpc) is 1.95. The topological polar surface area (TPSA) is 29.5 Å². The van der Waals surface area contributed by atoms with Crippen LogP contribution < -0.4 is 0 Å². The van der Waals surface area contributed by atoms with Crippen LogP contribution in [0.25, 0.3) is 0 Å². The van der Waals surface area contributed by atoms with Crippen molar-refractivity contribution in [2.24, 2.45) is 0 Å². The Balaban J connectivity index is 2.53. The fraction of sp³-hybridized carbons (Fsp3) is 0.889. The molecule has 0 amide bonds. The van der Waals surface area contributed by atoms with Gasteiger partial charge in [0.2, 0.25) is 0 Å². The van der Waals surface area contributed by atoms with Crippen LogP contribution in [0.15, 0.2) is 0 Å². The van der Waals surface area contributed by atoms with E-state index in [9.17, 15) is 4.79 Å². The molecule has 0 aromatic heterocycles. The highest BCUT2D eigenvalue weighted by Gasteiger charge is 2.51. The third kappa shape index (κ3) is 1.97. The van der Waals surface area contributed by atoms with E-state index in [0.717, 1.165) is 0 Å². The summed E-state index contributed by atoms with van der Waals surface area (Å²) in [5, 5.41) is 0. The number of halogens is 1. The van der Waals surface area contributed by atoms with Crippen molar-refractivity contribution in [1.29, 1.82) is 0 Å². The predicted octanol–water partition coefficient (Wildman–Crippen LogP) is 1.25. The number of methoxy groups -OCH3 is 1. The molecule has 0 aromatic carbocycles. The maximum atomic E-state index is 11.2. The molecule has 0 unspecified atom stereocenters. The number of carbonyl (C=O) groups is 1. The molecule has 0 saturated carbocycles. The highest BCUT2D eigenvalue weighted by Crippen LogP contribution is 2.34. The van der Waals surface area contributed by atoms with Crippen molar-refractivity contribution in [3.05, 3.63) is 0 Å². The van der Waals surface area contributed by atoms with E-state index in [1.54, 1.807) is 0 Å². The van der Waals surface area contributed by atoms with Gasteiger partial charge in [0, 0.05) is 18.6 Å². The van der Waals surface area contributed by atoms with Crippen LogP contribution >= 0.6 is 11.6 Å². The minimum Gasteiger partial charge on any atom is -0.468 e. The standard InChI is InChI=1S/C9H16ClNO2/c1-8(2,3)11-5-9(10,6-11)7(12)13-4/h5-6H2,1-4H3. The molecule has 3 nitrogen and oxygen atoms in total. The van der Waals surface area contributed by atoms with Crippen molar-refractivity contribution in [3.8, 4) is 0 Å². The van der Waals surface area contributed by atoms with Crippen LogP contribution in [0.2, 0.25) is 0 Å². The molecular weight excluding hydrogens is 190 g/mol. The average molecular weight is 206 g/mol. The fourth-order valence-corrected chi connectivity index (χ4v) is 1.71. The van der Waals surface area contributed by atoms with E-state index in [1.807, 2.05) is 0 Å². The Labute approximate surface area is 84.0 Å². The van der Waals surface area contributed by atoms with Crippen molar-refractivity contribution < 1.29 is 9.53 Å². The first-order chi connectivity index (χ1) is 5.79. The molecule has 1 heterocycles. The summed E-state index contributed by atoms with van der Waals surface area (Å²) in [4.78, 5) is 12.6. The molecule has 0 aliphatic carbocycles. The van der Waals surface area contributed by atoms with Gasteiger partial charge in [0.15, 0.2) is 4.87 Å². The summed E-state index contributed by atoms with van der Waals surface area (Å²) < 4.78 is 4.62. The molecule has 76 valence electrons. The summed E-state index contributed by atoms with van der Waals surface area (Å²) in [6, 6.07) is 0. The largest absolute Gasteiger partial charge is 0.468 e. The zero-order valence-electron chi connectivity index (χ0n) is 8.56. The van der Waals surface area contributed by atoms with Crippen molar-refractivity contribution in [2.45, 2.75) is 31.2 Å². The summed E-state index contributed by atoms with van der Waals surface area (Å²) in [6.45, 7) is 7.44. The molecule has 0 atom stereocenters. The van der Waals surface area contributed by atoms with E-state index in [1.165, 1.54) is 7.11 Å². The van der Waals surface area contributed by atoms with Crippen LogP contribution in [0.3, 0.4) is 0 Å².